The Kier molecular flexibility index (Phi) is 7.97. The first-order valence-electron chi connectivity index (χ1n) is 14.1. The van der Waals surface area contributed by atoms with E-state index in [2.05, 4.69) is 11.1 Å². The highest BCUT2D eigenvalue weighted by Crippen LogP contribution is 2.29. The van der Waals surface area contributed by atoms with Crippen molar-refractivity contribution in [1.29, 1.82) is 0 Å². The second-order valence-corrected chi connectivity index (χ2v) is 10.5. The lowest BCUT2D eigenvalue weighted by atomic mass is 9.97. The first kappa shape index (κ1) is 27.2. The molecule has 42 heavy (non-hydrogen) atoms. The molecular weight excluding hydrogens is 524 g/mol. The maximum Gasteiger partial charge on any atom is 0.261 e. The van der Waals surface area contributed by atoms with Crippen molar-refractivity contribution in [3.8, 4) is 11.1 Å². The number of carbonyl (C=O) groups excluding carboxylic acids is 3. The second-order valence-electron chi connectivity index (χ2n) is 10.5. The molecule has 0 spiro atoms. The number of carbonyl (C=O) groups is 3. The topological polar surface area (TPSA) is 76.6 Å². The first-order valence-corrected chi connectivity index (χ1v) is 14.1. The SMILES string of the molecule is O=C(Cc1ccccc1)Cc1ccc(-c2cncc3ccc(COCCCN4C(=O)c5ccccc5C4=O)cc23)cc1. The van der Waals surface area contributed by atoms with Crippen LogP contribution in [-0.4, -0.2) is 40.6 Å². The van der Waals surface area contributed by atoms with Crippen LogP contribution in [0.1, 0.15) is 43.8 Å². The van der Waals surface area contributed by atoms with Crippen LogP contribution >= 0.6 is 0 Å². The van der Waals surface area contributed by atoms with Crippen molar-refractivity contribution in [3.05, 3.63) is 137 Å². The smallest absolute Gasteiger partial charge is 0.261 e. The predicted molar refractivity (Wildman–Crippen MR) is 162 cm³/mol. The summed E-state index contributed by atoms with van der Waals surface area (Å²) in [5, 5.41) is 2.11. The van der Waals surface area contributed by atoms with E-state index in [0.29, 0.717) is 50.1 Å². The van der Waals surface area contributed by atoms with Crippen LogP contribution in [0.3, 0.4) is 0 Å². The van der Waals surface area contributed by atoms with E-state index >= 15 is 0 Å². The van der Waals surface area contributed by atoms with Crippen molar-refractivity contribution in [2.75, 3.05) is 13.2 Å². The zero-order valence-electron chi connectivity index (χ0n) is 23.2. The third-order valence-corrected chi connectivity index (χ3v) is 7.55. The van der Waals surface area contributed by atoms with Crippen LogP contribution in [0, 0.1) is 0 Å². The number of ether oxygens (including phenoxy) is 1. The number of nitrogens with zero attached hydrogens (tertiary/aromatic N) is 2. The zero-order chi connectivity index (χ0) is 28.9. The number of amides is 2. The van der Waals surface area contributed by atoms with Crippen LogP contribution < -0.4 is 0 Å². The molecule has 0 aliphatic carbocycles. The minimum atomic E-state index is -0.238. The maximum atomic E-state index is 12.6. The van der Waals surface area contributed by atoms with Gasteiger partial charge in [-0.3, -0.25) is 24.3 Å². The third kappa shape index (κ3) is 5.90. The molecule has 4 aromatic carbocycles. The summed E-state index contributed by atoms with van der Waals surface area (Å²) >= 11 is 0. The van der Waals surface area contributed by atoms with Crippen molar-refractivity contribution in [2.45, 2.75) is 25.9 Å². The molecule has 0 radical (unpaired) electrons. The van der Waals surface area contributed by atoms with Gasteiger partial charge in [-0.15, -0.1) is 0 Å². The normalized spacial score (nSPS) is 12.6. The Labute approximate surface area is 244 Å². The summed E-state index contributed by atoms with van der Waals surface area (Å²) in [6.07, 6.45) is 5.11. The van der Waals surface area contributed by atoms with E-state index in [0.717, 1.165) is 38.6 Å². The molecule has 1 aliphatic rings. The van der Waals surface area contributed by atoms with Gasteiger partial charge in [0, 0.05) is 49.3 Å². The van der Waals surface area contributed by atoms with Gasteiger partial charge in [0.25, 0.3) is 11.8 Å². The number of imide groups is 1. The van der Waals surface area contributed by atoms with Crippen LogP contribution in [0.4, 0.5) is 0 Å². The molecule has 208 valence electrons. The number of fused-ring (bicyclic) bond motifs is 2. The standard InChI is InChI=1S/C36H30N2O4/c39-30(19-25-7-2-1-3-8-25)20-26-11-14-28(15-12-26)34-23-37-22-29-16-13-27(21-33(29)34)24-42-18-6-17-38-35(40)31-9-4-5-10-32(31)36(38)41/h1-5,7-16,21-23H,6,17-20,24H2. The van der Waals surface area contributed by atoms with Gasteiger partial charge in [0.2, 0.25) is 0 Å². The molecule has 0 saturated carbocycles. The molecular formula is C36H30N2O4. The minimum absolute atomic E-state index is 0.189. The molecule has 6 nitrogen and oxygen atoms in total. The van der Waals surface area contributed by atoms with Crippen molar-refractivity contribution in [1.82, 2.24) is 9.88 Å². The van der Waals surface area contributed by atoms with Gasteiger partial charge in [-0.1, -0.05) is 78.9 Å². The van der Waals surface area contributed by atoms with Crippen LogP contribution in [0.5, 0.6) is 0 Å². The molecule has 0 atom stereocenters. The van der Waals surface area contributed by atoms with Gasteiger partial charge in [0.1, 0.15) is 5.78 Å². The molecule has 1 aliphatic heterocycles. The molecule has 2 amide bonds. The number of benzene rings is 4. The largest absolute Gasteiger partial charge is 0.377 e. The Morgan fingerprint density at radius 1 is 0.690 bits per heavy atom. The Balaban J connectivity index is 1.06. The lowest BCUT2D eigenvalue weighted by molar-refractivity contribution is -0.117. The average molecular weight is 555 g/mol. The van der Waals surface area contributed by atoms with Gasteiger partial charge in [0.05, 0.1) is 17.7 Å². The highest BCUT2D eigenvalue weighted by atomic mass is 16.5. The quantitative estimate of drug-likeness (QED) is 0.138. The molecule has 0 N–H and O–H groups in total. The molecule has 0 unspecified atom stereocenters. The van der Waals surface area contributed by atoms with E-state index in [-0.39, 0.29) is 17.6 Å². The van der Waals surface area contributed by atoms with Gasteiger partial charge < -0.3 is 4.74 Å². The number of rotatable bonds is 11. The zero-order valence-corrected chi connectivity index (χ0v) is 23.2. The second kappa shape index (κ2) is 12.3. The Hall–Kier alpha value is -4.94. The highest BCUT2D eigenvalue weighted by Gasteiger charge is 2.34. The summed E-state index contributed by atoms with van der Waals surface area (Å²) in [4.78, 5) is 43.4. The number of pyridine rings is 1. The van der Waals surface area contributed by atoms with E-state index in [1.54, 1.807) is 24.3 Å². The fourth-order valence-corrected chi connectivity index (χ4v) is 5.40. The summed E-state index contributed by atoms with van der Waals surface area (Å²) in [5.74, 6) is -0.287. The Bertz CT molecular complexity index is 1730. The molecule has 1 aromatic heterocycles. The predicted octanol–water partition coefficient (Wildman–Crippen LogP) is 6.46. The van der Waals surface area contributed by atoms with Crippen LogP contribution in [0.2, 0.25) is 0 Å². The minimum Gasteiger partial charge on any atom is -0.377 e. The Morgan fingerprint density at radius 2 is 1.33 bits per heavy atom. The molecule has 0 saturated heterocycles. The number of ketones is 1. The van der Waals surface area contributed by atoms with Crippen LogP contribution in [-0.2, 0) is 29.0 Å². The molecule has 2 heterocycles. The van der Waals surface area contributed by atoms with Crippen LogP contribution in [0.25, 0.3) is 21.9 Å². The fourth-order valence-electron chi connectivity index (χ4n) is 5.40. The lowest BCUT2D eigenvalue weighted by Crippen LogP contribution is -2.31. The van der Waals surface area contributed by atoms with Crippen molar-refractivity contribution in [2.24, 2.45) is 0 Å². The average Bonchev–Trinajstić information content (AvgIpc) is 3.26. The van der Waals surface area contributed by atoms with E-state index < -0.39 is 0 Å². The summed E-state index contributed by atoms with van der Waals surface area (Å²) < 4.78 is 5.92. The number of Topliss-reactive ketones (excluding diaryl/α,β-unsaturated/α-hetero) is 1. The summed E-state index contributed by atoms with van der Waals surface area (Å²) in [5.41, 5.74) is 6.03. The van der Waals surface area contributed by atoms with Gasteiger partial charge in [-0.05, 0) is 52.3 Å². The molecule has 6 rings (SSSR count). The van der Waals surface area contributed by atoms with Gasteiger partial charge in [-0.25, -0.2) is 0 Å². The summed E-state index contributed by atoms with van der Waals surface area (Å²) in [6, 6.07) is 31.0. The molecule has 6 heteroatoms. The molecule has 0 fully saturated rings. The monoisotopic (exact) mass is 554 g/mol. The van der Waals surface area contributed by atoms with Crippen LogP contribution in [0.15, 0.2) is 109 Å². The summed E-state index contributed by atoms with van der Waals surface area (Å²) in [7, 11) is 0. The van der Waals surface area contributed by atoms with E-state index in [1.807, 2.05) is 79.1 Å². The van der Waals surface area contributed by atoms with Gasteiger partial charge in [-0.2, -0.15) is 0 Å². The number of aromatic nitrogens is 1. The van der Waals surface area contributed by atoms with E-state index in [1.165, 1.54) is 4.90 Å². The molecule has 5 aromatic rings. The number of hydrogen-bond acceptors (Lipinski definition) is 5. The van der Waals surface area contributed by atoms with Crippen molar-refractivity contribution < 1.29 is 19.1 Å². The van der Waals surface area contributed by atoms with Gasteiger partial charge in [0.15, 0.2) is 0 Å². The van der Waals surface area contributed by atoms with Crippen molar-refractivity contribution >= 4 is 28.4 Å². The van der Waals surface area contributed by atoms with Crippen molar-refractivity contribution in [3.63, 3.8) is 0 Å². The third-order valence-electron chi connectivity index (χ3n) is 7.55. The van der Waals surface area contributed by atoms with Gasteiger partial charge >= 0.3 is 0 Å². The first-order chi connectivity index (χ1) is 20.6. The maximum absolute atomic E-state index is 12.6. The van der Waals surface area contributed by atoms with E-state index in [9.17, 15) is 14.4 Å². The lowest BCUT2D eigenvalue weighted by Gasteiger charge is -2.14. The molecule has 0 bridgehead atoms. The highest BCUT2D eigenvalue weighted by molar-refractivity contribution is 6.21. The Morgan fingerprint density at radius 3 is 2.05 bits per heavy atom. The number of hydrogen-bond donors (Lipinski definition) is 0. The summed E-state index contributed by atoms with van der Waals surface area (Å²) in [6.45, 7) is 1.18. The van der Waals surface area contributed by atoms with E-state index in [4.69, 9.17) is 4.74 Å². The fraction of sp³-hybridized carbons (Fsp3) is 0.167.